The van der Waals surface area contributed by atoms with Crippen LogP contribution < -0.4 is 19.5 Å². The Labute approximate surface area is 163 Å². The lowest BCUT2D eigenvalue weighted by atomic mass is 10.1. The normalized spacial score (nSPS) is 14.6. The van der Waals surface area contributed by atoms with Gasteiger partial charge in [0, 0.05) is 12.0 Å². The number of ether oxygens (including phenoxy) is 3. The van der Waals surface area contributed by atoms with Crippen molar-refractivity contribution in [1.29, 1.82) is 0 Å². The Bertz CT molecular complexity index is 928. The zero-order valence-electron chi connectivity index (χ0n) is 15.3. The second-order valence-electron chi connectivity index (χ2n) is 6.53. The highest BCUT2D eigenvalue weighted by molar-refractivity contribution is 5.77. The van der Waals surface area contributed by atoms with Gasteiger partial charge in [-0.2, -0.15) is 0 Å². The van der Waals surface area contributed by atoms with Gasteiger partial charge in [0.2, 0.25) is 0 Å². The molecule has 0 fully saturated rings. The fourth-order valence-electron chi connectivity index (χ4n) is 3.04. The first kappa shape index (κ1) is 17.9. The Balaban J connectivity index is 1.26. The number of rotatable bonds is 7. The molecule has 0 aromatic heterocycles. The van der Waals surface area contributed by atoms with Crippen molar-refractivity contribution in [2.75, 3.05) is 13.2 Å². The summed E-state index contributed by atoms with van der Waals surface area (Å²) < 4.78 is 17.2. The van der Waals surface area contributed by atoms with E-state index < -0.39 is 0 Å². The lowest BCUT2D eigenvalue weighted by molar-refractivity contribution is -0.123. The van der Waals surface area contributed by atoms with Crippen LogP contribution >= 0.6 is 0 Å². The molecule has 0 spiro atoms. The molecule has 5 heteroatoms. The number of carbonyl (C=O) groups excluding carboxylic acids is 1. The number of para-hydroxylation sites is 2. The average molecular weight is 375 g/mol. The zero-order valence-corrected chi connectivity index (χ0v) is 15.3. The first-order valence-electron chi connectivity index (χ1n) is 9.23. The van der Waals surface area contributed by atoms with E-state index in [4.69, 9.17) is 14.2 Å². The number of benzene rings is 3. The summed E-state index contributed by atoms with van der Waals surface area (Å²) in [7, 11) is 0. The van der Waals surface area contributed by atoms with Gasteiger partial charge in [-0.3, -0.25) is 4.79 Å². The highest BCUT2D eigenvalue weighted by Crippen LogP contribution is 2.33. The van der Waals surface area contributed by atoms with E-state index in [-0.39, 0.29) is 18.6 Å². The second kappa shape index (κ2) is 8.48. The van der Waals surface area contributed by atoms with Crippen LogP contribution in [0.15, 0.2) is 78.9 Å². The Morgan fingerprint density at radius 3 is 2.39 bits per heavy atom. The first-order valence-corrected chi connectivity index (χ1v) is 9.23. The van der Waals surface area contributed by atoms with Crippen LogP contribution in [0.4, 0.5) is 0 Å². The van der Waals surface area contributed by atoms with Crippen LogP contribution in [0.2, 0.25) is 0 Å². The number of nitrogens with one attached hydrogen (secondary N) is 1. The van der Waals surface area contributed by atoms with E-state index in [0.717, 1.165) is 29.2 Å². The number of hydrogen-bond acceptors (Lipinski definition) is 4. The van der Waals surface area contributed by atoms with Crippen molar-refractivity contribution < 1.29 is 19.0 Å². The van der Waals surface area contributed by atoms with Crippen molar-refractivity contribution in [3.63, 3.8) is 0 Å². The van der Waals surface area contributed by atoms with Gasteiger partial charge in [0.1, 0.15) is 29.1 Å². The molecule has 0 unspecified atom stereocenters. The van der Waals surface area contributed by atoms with Gasteiger partial charge in [-0.15, -0.1) is 0 Å². The highest BCUT2D eigenvalue weighted by atomic mass is 16.5. The molecule has 3 aromatic rings. The van der Waals surface area contributed by atoms with Crippen molar-refractivity contribution in [1.82, 2.24) is 5.32 Å². The standard InChI is InChI=1S/C23H21NO4/c25-23(16-26-18-7-3-1-4-8-18)24-15-21-14-17-13-20(11-12-22(17)28-21)27-19-9-5-2-6-10-19/h1-13,21H,14-16H2,(H,24,25)/t21-/m0/s1. The Hall–Kier alpha value is -3.47. The van der Waals surface area contributed by atoms with Gasteiger partial charge in [-0.05, 0) is 42.5 Å². The van der Waals surface area contributed by atoms with Crippen LogP contribution in [0.3, 0.4) is 0 Å². The van der Waals surface area contributed by atoms with Crippen LogP contribution in [0.1, 0.15) is 5.56 Å². The molecule has 142 valence electrons. The highest BCUT2D eigenvalue weighted by Gasteiger charge is 2.24. The molecule has 1 heterocycles. The molecule has 0 radical (unpaired) electrons. The van der Waals surface area contributed by atoms with Gasteiger partial charge in [-0.1, -0.05) is 36.4 Å². The fourth-order valence-corrected chi connectivity index (χ4v) is 3.04. The molecule has 5 nitrogen and oxygen atoms in total. The lowest BCUT2D eigenvalue weighted by Crippen LogP contribution is -2.37. The van der Waals surface area contributed by atoms with Crippen molar-refractivity contribution in [3.8, 4) is 23.0 Å². The van der Waals surface area contributed by atoms with Crippen LogP contribution in [0.5, 0.6) is 23.0 Å². The summed E-state index contributed by atoms with van der Waals surface area (Å²) in [6, 6.07) is 24.7. The van der Waals surface area contributed by atoms with E-state index in [2.05, 4.69) is 5.32 Å². The Morgan fingerprint density at radius 1 is 0.929 bits per heavy atom. The molecule has 0 saturated carbocycles. The molecular weight excluding hydrogens is 354 g/mol. The monoisotopic (exact) mass is 375 g/mol. The van der Waals surface area contributed by atoms with E-state index in [0.29, 0.717) is 12.3 Å². The number of carbonyl (C=O) groups is 1. The molecule has 4 rings (SSSR count). The summed E-state index contributed by atoms with van der Waals surface area (Å²) in [5.74, 6) is 2.91. The smallest absolute Gasteiger partial charge is 0.258 e. The third-order valence-electron chi connectivity index (χ3n) is 4.39. The number of amides is 1. The maximum absolute atomic E-state index is 12.0. The predicted molar refractivity (Wildman–Crippen MR) is 106 cm³/mol. The van der Waals surface area contributed by atoms with Crippen molar-refractivity contribution >= 4 is 5.91 Å². The predicted octanol–water partition coefficient (Wildman–Crippen LogP) is 3.98. The van der Waals surface area contributed by atoms with E-state index in [9.17, 15) is 4.79 Å². The molecular formula is C23H21NO4. The molecule has 1 atom stereocenters. The fraction of sp³-hybridized carbons (Fsp3) is 0.174. The maximum Gasteiger partial charge on any atom is 0.258 e. The van der Waals surface area contributed by atoms with Crippen molar-refractivity contribution in [3.05, 3.63) is 84.4 Å². The van der Waals surface area contributed by atoms with Gasteiger partial charge in [-0.25, -0.2) is 0 Å². The summed E-state index contributed by atoms with van der Waals surface area (Å²) in [6.45, 7) is 0.416. The van der Waals surface area contributed by atoms with Crippen molar-refractivity contribution in [2.45, 2.75) is 12.5 Å². The number of fused-ring (bicyclic) bond motifs is 1. The third kappa shape index (κ3) is 4.62. The van der Waals surface area contributed by atoms with Crippen LogP contribution in [-0.2, 0) is 11.2 Å². The minimum absolute atomic E-state index is 0.0151. The molecule has 1 N–H and O–H groups in total. The molecule has 0 aliphatic carbocycles. The van der Waals surface area contributed by atoms with E-state index >= 15 is 0 Å². The summed E-state index contributed by atoms with van der Waals surface area (Å²) in [4.78, 5) is 12.0. The Kier molecular flexibility index (Phi) is 5.43. The van der Waals surface area contributed by atoms with E-state index in [1.54, 1.807) is 0 Å². The topological polar surface area (TPSA) is 56.8 Å². The molecule has 3 aromatic carbocycles. The molecule has 0 saturated heterocycles. The molecule has 28 heavy (non-hydrogen) atoms. The minimum Gasteiger partial charge on any atom is -0.488 e. The van der Waals surface area contributed by atoms with Gasteiger partial charge in [0.25, 0.3) is 5.91 Å². The first-order chi connectivity index (χ1) is 13.8. The summed E-state index contributed by atoms with van der Waals surface area (Å²) in [5.41, 5.74) is 1.08. The van der Waals surface area contributed by atoms with Crippen molar-refractivity contribution in [2.24, 2.45) is 0 Å². The van der Waals surface area contributed by atoms with Crippen LogP contribution in [-0.4, -0.2) is 25.2 Å². The average Bonchev–Trinajstić information content (AvgIpc) is 3.14. The summed E-state index contributed by atoms with van der Waals surface area (Å²) >= 11 is 0. The zero-order chi connectivity index (χ0) is 19.2. The van der Waals surface area contributed by atoms with Gasteiger partial charge in [0.15, 0.2) is 6.61 Å². The van der Waals surface area contributed by atoms with Crippen LogP contribution in [0, 0.1) is 0 Å². The largest absolute Gasteiger partial charge is 0.488 e. The van der Waals surface area contributed by atoms with E-state index in [1.807, 2.05) is 78.9 Å². The van der Waals surface area contributed by atoms with Gasteiger partial charge < -0.3 is 19.5 Å². The molecule has 1 amide bonds. The second-order valence-corrected chi connectivity index (χ2v) is 6.53. The Morgan fingerprint density at radius 2 is 1.64 bits per heavy atom. The number of hydrogen-bond donors (Lipinski definition) is 1. The summed E-state index contributed by atoms with van der Waals surface area (Å²) in [6.07, 6.45) is 0.629. The lowest BCUT2D eigenvalue weighted by Gasteiger charge is -2.12. The third-order valence-corrected chi connectivity index (χ3v) is 4.39. The molecule has 1 aliphatic heterocycles. The maximum atomic E-state index is 12.0. The molecule has 0 bridgehead atoms. The van der Waals surface area contributed by atoms with Crippen LogP contribution in [0.25, 0.3) is 0 Å². The minimum atomic E-state index is -0.170. The quantitative estimate of drug-likeness (QED) is 0.679. The van der Waals surface area contributed by atoms with E-state index in [1.165, 1.54) is 0 Å². The van der Waals surface area contributed by atoms with Gasteiger partial charge >= 0.3 is 0 Å². The molecule has 1 aliphatic rings. The summed E-state index contributed by atoms with van der Waals surface area (Å²) in [5, 5.41) is 2.86. The van der Waals surface area contributed by atoms with Gasteiger partial charge in [0.05, 0.1) is 6.54 Å². The SMILES string of the molecule is O=C(COc1ccccc1)NC[C@@H]1Cc2cc(Oc3ccccc3)ccc2O1.